The fourth-order valence-corrected chi connectivity index (χ4v) is 6.15. The summed E-state index contributed by atoms with van der Waals surface area (Å²) in [6, 6.07) is 13.1. The van der Waals surface area contributed by atoms with Crippen molar-refractivity contribution in [3.8, 4) is 11.5 Å². The van der Waals surface area contributed by atoms with Gasteiger partial charge >= 0.3 is 0 Å². The minimum Gasteiger partial charge on any atom is -0.441 e. The van der Waals surface area contributed by atoms with Gasteiger partial charge in [-0.2, -0.15) is 13.1 Å². The summed E-state index contributed by atoms with van der Waals surface area (Å²) in [6.07, 6.45) is 0. The Labute approximate surface area is 190 Å². The molecule has 1 saturated heterocycles. The third kappa shape index (κ3) is 3.83. The summed E-state index contributed by atoms with van der Waals surface area (Å²) in [4.78, 5) is 7.17. The predicted octanol–water partition coefficient (Wildman–Crippen LogP) is 3.47. The lowest BCUT2D eigenvalue weighted by Gasteiger charge is -2.33. The maximum absolute atomic E-state index is 13.2. The van der Waals surface area contributed by atoms with Gasteiger partial charge in [0.25, 0.3) is 0 Å². The van der Waals surface area contributed by atoms with E-state index >= 15 is 0 Å². The molecule has 4 aromatic rings. The van der Waals surface area contributed by atoms with Crippen LogP contribution in [0, 0.1) is 13.8 Å². The Morgan fingerprint density at radius 1 is 1.00 bits per heavy atom. The van der Waals surface area contributed by atoms with Crippen LogP contribution < -0.4 is 0 Å². The van der Waals surface area contributed by atoms with Gasteiger partial charge in [-0.15, -0.1) is 0 Å². The maximum atomic E-state index is 13.2. The van der Waals surface area contributed by atoms with E-state index < -0.39 is 10.0 Å². The van der Waals surface area contributed by atoms with Gasteiger partial charge in [-0.05, 0) is 37.6 Å². The molecule has 0 unspecified atom stereocenters. The van der Waals surface area contributed by atoms with E-state index in [-0.39, 0.29) is 4.90 Å². The minimum atomic E-state index is -3.62. The van der Waals surface area contributed by atoms with Crippen LogP contribution in [0.1, 0.15) is 17.0 Å². The number of sulfonamides is 1. The van der Waals surface area contributed by atoms with Gasteiger partial charge in [0.2, 0.25) is 15.9 Å². The molecule has 3 heterocycles. The molecule has 0 saturated carbocycles. The summed E-state index contributed by atoms with van der Waals surface area (Å²) in [5.74, 6) is 1.42. The zero-order chi connectivity index (χ0) is 22.3. The van der Waals surface area contributed by atoms with Crippen molar-refractivity contribution in [3.63, 3.8) is 0 Å². The maximum Gasteiger partial charge on any atom is 0.245 e. The Bertz CT molecular complexity index is 1370. The summed E-state index contributed by atoms with van der Waals surface area (Å²) in [7, 11) is -3.62. The van der Waals surface area contributed by atoms with Crippen LogP contribution >= 0.6 is 11.7 Å². The Balaban J connectivity index is 1.29. The molecule has 166 valence electrons. The van der Waals surface area contributed by atoms with Crippen LogP contribution in [0.25, 0.3) is 22.5 Å². The van der Waals surface area contributed by atoms with E-state index in [0.29, 0.717) is 49.6 Å². The average Bonchev–Trinajstić information content (AvgIpc) is 3.41. The molecule has 1 fully saturated rings. The number of rotatable bonds is 5. The van der Waals surface area contributed by atoms with E-state index in [9.17, 15) is 8.42 Å². The summed E-state index contributed by atoms with van der Waals surface area (Å²) in [6.45, 7) is 6.66. The van der Waals surface area contributed by atoms with Crippen LogP contribution in [-0.2, 0) is 16.6 Å². The smallest absolute Gasteiger partial charge is 0.245 e. The Morgan fingerprint density at radius 3 is 2.56 bits per heavy atom. The second-order valence-corrected chi connectivity index (χ2v) is 10.3. The highest BCUT2D eigenvalue weighted by atomic mass is 32.2. The molecule has 5 rings (SSSR count). The van der Waals surface area contributed by atoms with Gasteiger partial charge < -0.3 is 4.42 Å². The summed E-state index contributed by atoms with van der Waals surface area (Å²) in [5, 5.41) is 0. The molecule has 10 heteroatoms. The van der Waals surface area contributed by atoms with Crippen molar-refractivity contribution < 1.29 is 12.8 Å². The Morgan fingerprint density at radius 2 is 1.78 bits per heavy atom. The second kappa shape index (κ2) is 8.36. The van der Waals surface area contributed by atoms with Crippen molar-refractivity contribution in [2.24, 2.45) is 0 Å². The lowest BCUT2D eigenvalue weighted by molar-refractivity contribution is 0.179. The van der Waals surface area contributed by atoms with E-state index in [1.807, 2.05) is 38.1 Å². The number of aromatic nitrogens is 3. The number of nitrogens with zero attached hydrogens (tertiary/aromatic N) is 5. The fraction of sp³-hybridized carbons (Fsp3) is 0.318. The monoisotopic (exact) mass is 469 g/mol. The third-order valence-electron chi connectivity index (χ3n) is 5.84. The number of piperazine rings is 1. The van der Waals surface area contributed by atoms with Crippen LogP contribution in [-0.4, -0.2) is 57.5 Å². The first-order valence-corrected chi connectivity index (χ1v) is 12.6. The van der Waals surface area contributed by atoms with E-state index in [1.165, 1.54) is 4.31 Å². The molecule has 0 N–H and O–H groups in total. The van der Waals surface area contributed by atoms with Crippen molar-refractivity contribution in [3.05, 3.63) is 59.5 Å². The highest BCUT2D eigenvalue weighted by Crippen LogP contribution is 2.27. The fourth-order valence-electron chi connectivity index (χ4n) is 3.97. The molecule has 2 aromatic heterocycles. The minimum absolute atomic E-state index is 0.229. The largest absolute Gasteiger partial charge is 0.441 e. The molecule has 0 atom stereocenters. The van der Waals surface area contributed by atoms with Crippen LogP contribution in [0.15, 0.2) is 51.8 Å². The predicted molar refractivity (Wildman–Crippen MR) is 123 cm³/mol. The molecule has 32 heavy (non-hydrogen) atoms. The third-order valence-corrected chi connectivity index (χ3v) is 8.31. The number of hydrogen-bond donors (Lipinski definition) is 0. The van der Waals surface area contributed by atoms with Crippen LogP contribution in [0.3, 0.4) is 0 Å². The van der Waals surface area contributed by atoms with Crippen LogP contribution in [0.5, 0.6) is 0 Å². The first-order valence-electron chi connectivity index (χ1n) is 10.4. The van der Waals surface area contributed by atoms with Crippen molar-refractivity contribution in [1.29, 1.82) is 0 Å². The number of benzene rings is 2. The summed E-state index contributed by atoms with van der Waals surface area (Å²) < 4.78 is 42.3. The van der Waals surface area contributed by atoms with Gasteiger partial charge in [-0.3, -0.25) is 4.90 Å². The van der Waals surface area contributed by atoms with Gasteiger partial charge in [0.15, 0.2) is 0 Å². The van der Waals surface area contributed by atoms with Crippen LogP contribution in [0.2, 0.25) is 0 Å². The van der Waals surface area contributed by atoms with E-state index in [2.05, 4.69) is 13.6 Å². The number of aryl methyl sites for hydroxylation is 2. The first kappa shape index (κ1) is 21.2. The molecule has 8 nitrogen and oxygen atoms in total. The molecule has 0 amide bonds. The van der Waals surface area contributed by atoms with Gasteiger partial charge in [-0.25, -0.2) is 13.4 Å². The van der Waals surface area contributed by atoms with E-state index in [0.717, 1.165) is 34.3 Å². The zero-order valence-corrected chi connectivity index (χ0v) is 19.5. The molecule has 1 aliphatic rings. The number of hydrogen-bond acceptors (Lipinski definition) is 8. The van der Waals surface area contributed by atoms with Crippen molar-refractivity contribution >= 4 is 32.8 Å². The quantitative estimate of drug-likeness (QED) is 0.442. The molecule has 0 bridgehead atoms. The topological polar surface area (TPSA) is 92.4 Å². The van der Waals surface area contributed by atoms with Crippen molar-refractivity contribution in [2.75, 3.05) is 26.2 Å². The lowest BCUT2D eigenvalue weighted by atomic mass is 10.1. The highest BCUT2D eigenvalue weighted by molar-refractivity contribution is 7.89. The van der Waals surface area contributed by atoms with Gasteiger partial charge in [-0.1, -0.05) is 24.3 Å². The molecular weight excluding hydrogens is 446 g/mol. The second-order valence-electron chi connectivity index (χ2n) is 7.91. The Hall–Kier alpha value is -2.66. The van der Waals surface area contributed by atoms with E-state index in [4.69, 9.17) is 9.40 Å². The van der Waals surface area contributed by atoms with Crippen molar-refractivity contribution in [2.45, 2.75) is 25.3 Å². The van der Waals surface area contributed by atoms with Gasteiger partial charge in [0.05, 0.1) is 17.4 Å². The zero-order valence-electron chi connectivity index (χ0n) is 17.9. The standard InChI is InChI=1S/C22H23N5O3S2/c1-15-6-3-4-7-17(15)22-23-19(16(2)30-22)14-26-10-12-27(13-11-26)32(28,29)20-9-5-8-18-21(20)25-31-24-18/h3-9H,10-14H2,1-2H3. The van der Waals surface area contributed by atoms with Gasteiger partial charge in [0, 0.05) is 38.3 Å². The van der Waals surface area contributed by atoms with E-state index in [1.54, 1.807) is 18.2 Å². The molecule has 0 aliphatic carbocycles. The molecule has 0 spiro atoms. The van der Waals surface area contributed by atoms with Crippen molar-refractivity contribution in [1.82, 2.24) is 22.9 Å². The number of fused-ring (bicyclic) bond motifs is 1. The number of oxazole rings is 1. The normalized spacial score (nSPS) is 16.1. The summed E-state index contributed by atoms with van der Waals surface area (Å²) >= 11 is 1.03. The van der Waals surface area contributed by atoms with Crippen LogP contribution in [0.4, 0.5) is 0 Å². The first-order chi connectivity index (χ1) is 15.4. The molecule has 2 aromatic carbocycles. The average molecular weight is 470 g/mol. The lowest BCUT2D eigenvalue weighted by Crippen LogP contribution is -2.48. The molecule has 0 radical (unpaired) electrons. The highest BCUT2D eigenvalue weighted by Gasteiger charge is 2.31. The molecular formula is C22H23N5O3S2. The Kier molecular flexibility index (Phi) is 5.54. The summed E-state index contributed by atoms with van der Waals surface area (Å²) in [5.41, 5.74) is 4.05. The molecule has 1 aliphatic heterocycles. The van der Waals surface area contributed by atoms with Gasteiger partial charge in [0.1, 0.15) is 21.7 Å². The SMILES string of the molecule is Cc1ccccc1-c1nc(CN2CCN(S(=O)(=O)c3cccc4nsnc34)CC2)c(C)o1.